The van der Waals surface area contributed by atoms with E-state index in [1.54, 1.807) is 4.72 Å². The van der Waals surface area contributed by atoms with Crippen LogP contribution in [0.5, 0.6) is 0 Å². The van der Waals surface area contributed by atoms with Gasteiger partial charge in [0, 0.05) is 0 Å². The summed E-state index contributed by atoms with van der Waals surface area (Å²) in [4.78, 5) is -1.13. The molecular weight excluding hydrogens is 396 g/mol. The van der Waals surface area contributed by atoms with Crippen LogP contribution in [0.2, 0.25) is 5.02 Å². The average Bonchev–Trinajstić information content (AvgIpc) is 2.47. The maximum atomic E-state index is 13.0. The van der Waals surface area contributed by atoms with Gasteiger partial charge in [0.1, 0.15) is 0 Å². The van der Waals surface area contributed by atoms with Crippen molar-refractivity contribution in [2.75, 3.05) is 4.72 Å². The van der Waals surface area contributed by atoms with E-state index in [0.29, 0.717) is 24.3 Å². The Bertz CT molecular complexity index is 893. The first kappa shape index (κ1) is 19.4. The maximum absolute atomic E-state index is 13.0. The molecular formula is C14H8ClF6NO2S. The van der Waals surface area contributed by atoms with Gasteiger partial charge >= 0.3 is 12.4 Å². The largest absolute Gasteiger partial charge is 0.417 e. The van der Waals surface area contributed by atoms with Crippen molar-refractivity contribution >= 4 is 27.3 Å². The topological polar surface area (TPSA) is 46.2 Å². The fraction of sp³-hybridized carbons (Fsp3) is 0.143. The second kappa shape index (κ2) is 6.41. The second-order valence-electron chi connectivity index (χ2n) is 4.79. The zero-order valence-electron chi connectivity index (χ0n) is 11.9. The van der Waals surface area contributed by atoms with E-state index in [4.69, 9.17) is 11.6 Å². The molecule has 25 heavy (non-hydrogen) atoms. The molecule has 0 radical (unpaired) electrons. The third-order valence-electron chi connectivity index (χ3n) is 3.02. The van der Waals surface area contributed by atoms with E-state index >= 15 is 0 Å². The lowest BCUT2D eigenvalue weighted by atomic mass is 10.2. The van der Waals surface area contributed by atoms with Crippen LogP contribution in [0, 0.1) is 0 Å². The molecule has 1 N–H and O–H groups in total. The van der Waals surface area contributed by atoms with E-state index in [1.165, 1.54) is 0 Å². The molecule has 0 bridgehead atoms. The SMILES string of the molecule is O=S(=O)(Nc1cc(C(F)(F)F)ccc1Cl)c1ccccc1C(F)(F)F. The smallest absolute Gasteiger partial charge is 0.278 e. The van der Waals surface area contributed by atoms with Crippen molar-refractivity contribution < 1.29 is 34.8 Å². The molecule has 0 amide bonds. The standard InChI is InChI=1S/C14H8ClF6NO2S/c15-10-6-5-8(13(16,17)18)7-11(10)22-25(23,24)12-4-2-1-3-9(12)14(19,20)21/h1-7,22H. The van der Waals surface area contributed by atoms with Crippen LogP contribution in [0.15, 0.2) is 47.4 Å². The van der Waals surface area contributed by atoms with Gasteiger partial charge in [-0.2, -0.15) is 26.3 Å². The van der Waals surface area contributed by atoms with Gasteiger partial charge in [0.2, 0.25) is 0 Å². The quantitative estimate of drug-likeness (QED) is 0.718. The van der Waals surface area contributed by atoms with Crippen LogP contribution in [0.1, 0.15) is 11.1 Å². The summed E-state index contributed by atoms with van der Waals surface area (Å²) in [7, 11) is -4.83. The van der Waals surface area contributed by atoms with E-state index in [9.17, 15) is 34.8 Å². The highest BCUT2D eigenvalue weighted by Gasteiger charge is 2.37. The Balaban J connectivity index is 2.51. The Morgan fingerprint density at radius 3 is 2.04 bits per heavy atom. The van der Waals surface area contributed by atoms with Crippen LogP contribution in [0.25, 0.3) is 0 Å². The van der Waals surface area contributed by atoms with E-state index in [0.717, 1.165) is 18.2 Å². The molecule has 11 heteroatoms. The summed E-state index contributed by atoms with van der Waals surface area (Å²) in [5, 5.41) is -0.402. The first-order valence-corrected chi connectivity index (χ1v) is 8.24. The van der Waals surface area contributed by atoms with Gasteiger partial charge in [0.15, 0.2) is 0 Å². The molecule has 0 aromatic heterocycles. The minimum absolute atomic E-state index is 0.399. The summed E-state index contributed by atoms with van der Waals surface area (Å²) in [5.41, 5.74) is -3.35. The first-order valence-electron chi connectivity index (χ1n) is 6.38. The Morgan fingerprint density at radius 2 is 1.48 bits per heavy atom. The summed E-state index contributed by atoms with van der Waals surface area (Å²) in [6, 6.07) is 5.07. The van der Waals surface area contributed by atoms with Gasteiger partial charge < -0.3 is 0 Å². The molecule has 0 aliphatic carbocycles. The molecule has 0 saturated carbocycles. The number of anilines is 1. The van der Waals surface area contributed by atoms with Crippen LogP contribution >= 0.6 is 11.6 Å². The number of rotatable bonds is 3. The highest BCUT2D eigenvalue weighted by molar-refractivity contribution is 7.92. The fourth-order valence-electron chi connectivity index (χ4n) is 1.91. The number of benzene rings is 2. The lowest BCUT2D eigenvalue weighted by molar-refractivity contribution is -0.140. The normalized spacial score (nSPS) is 12.9. The van der Waals surface area contributed by atoms with Crippen LogP contribution in [0.3, 0.4) is 0 Å². The highest BCUT2D eigenvalue weighted by Crippen LogP contribution is 2.37. The highest BCUT2D eigenvalue weighted by atomic mass is 35.5. The van der Waals surface area contributed by atoms with E-state index in [1.807, 2.05) is 0 Å². The zero-order chi connectivity index (χ0) is 19.0. The Hall–Kier alpha value is -1.94. The molecule has 2 aromatic rings. The van der Waals surface area contributed by atoms with E-state index < -0.39 is 49.1 Å². The third-order valence-corrected chi connectivity index (χ3v) is 4.77. The molecule has 0 aliphatic heterocycles. The number of sulfonamides is 1. The van der Waals surface area contributed by atoms with Crippen molar-refractivity contribution in [3.8, 4) is 0 Å². The summed E-state index contributed by atoms with van der Waals surface area (Å²) >= 11 is 5.65. The Kier molecular flexibility index (Phi) is 4.97. The van der Waals surface area contributed by atoms with Gasteiger partial charge in [-0.15, -0.1) is 0 Å². The summed E-state index contributed by atoms with van der Waals surface area (Å²) < 4.78 is 103. The molecule has 0 saturated heterocycles. The van der Waals surface area contributed by atoms with Crippen molar-refractivity contribution in [3.05, 3.63) is 58.6 Å². The fourth-order valence-corrected chi connectivity index (χ4v) is 3.43. The number of alkyl halides is 6. The summed E-state index contributed by atoms with van der Waals surface area (Å²) in [6.07, 6.45) is -9.75. The molecule has 0 atom stereocenters. The predicted molar refractivity (Wildman–Crippen MR) is 78.7 cm³/mol. The van der Waals surface area contributed by atoms with Gasteiger partial charge in [-0.05, 0) is 30.3 Å². The van der Waals surface area contributed by atoms with Gasteiger partial charge in [0.25, 0.3) is 10.0 Å². The number of hydrogen-bond acceptors (Lipinski definition) is 2. The molecule has 0 unspecified atom stereocenters. The summed E-state index contributed by atoms with van der Waals surface area (Å²) in [5.74, 6) is 0. The molecule has 0 heterocycles. The molecule has 2 rings (SSSR count). The zero-order valence-corrected chi connectivity index (χ0v) is 13.5. The lowest BCUT2D eigenvalue weighted by Gasteiger charge is -2.16. The average molecular weight is 404 g/mol. The number of halogens is 7. The van der Waals surface area contributed by atoms with Crippen LogP contribution in [-0.4, -0.2) is 8.42 Å². The Labute approximate surface area is 143 Å². The lowest BCUT2D eigenvalue weighted by Crippen LogP contribution is -2.19. The van der Waals surface area contributed by atoms with Crippen LogP contribution < -0.4 is 4.72 Å². The van der Waals surface area contributed by atoms with Gasteiger partial charge in [-0.1, -0.05) is 23.7 Å². The second-order valence-corrected chi connectivity index (χ2v) is 6.85. The maximum Gasteiger partial charge on any atom is 0.417 e. The van der Waals surface area contributed by atoms with Gasteiger partial charge in [-0.25, -0.2) is 8.42 Å². The van der Waals surface area contributed by atoms with Crippen LogP contribution in [0.4, 0.5) is 32.0 Å². The third kappa shape index (κ3) is 4.37. The van der Waals surface area contributed by atoms with Crippen molar-refractivity contribution in [2.45, 2.75) is 17.2 Å². The predicted octanol–water partition coefficient (Wildman–Crippen LogP) is 5.18. The minimum Gasteiger partial charge on any atom is -0.278 e. The summed E-state index contributed by atoms with van der Waals surface area (Å²) in [6.45, 7) is 0. The van der Waals surface area contributed by atoms with Crippen LogP contribution in [-0.2, 0) is 22.4 Å². The number of nitrogens with one attached hydrogen (secondary N) is 1. The van der Waals surface area contributed by atoms with Crippen molar-refractivity contribution in [1.29, 1.82) is 0 Å². The Morgan fingerprint density at radius 1 is 0.880 bits per heavy atom. The molecule has 0 fully saturated rings. The van der Waals surface area contributed by atoms with E-state index in [2.05, 4.69) is 0 Å². The number of hydrogen-bond donors (Lipinski definition) is 1. The van der Waals surface area contributed by atoms with Gasteiger partial charge in [-0.3, -0.25) is 4.72 Å². The monoisotopic (exact) mass is 403 g/mol. The molecule has 3 nitrogen and oxygen atoms in total. The molecule has 0 aliphatic rings. The first-order chi connectivity index (χ1) is 11.3. The van der Waals surface area contributed by atoms with Crippen molar-refractivity contribution in [3.63, 3.8) is 0 Å². The minimum atomic E-state index is -4.97. The van der Waals surface area contributed by atoms with Crippen molar-refractivity contribution in [2.24, 2.45) is 0 Å². The molecule has 136 valence electrons. The molecule has 2 aromatic carbocycles. The molecule has 0 spiro atoms. The van der Waals surface area contributed by atoms with E-state index in [-0.39, 0.29) is 0 Å². The van der Waals surface area contributed by atoms with Gasteiger partial charge in [0.05, 0.1) is 26.7 Å². The van der Waals surface area contributed by atoms with Crippen molar-refractivity contribution in [1.82, 2.24) is 0 Å².